The number of benzene rings is 1. The second-order valence-electron chi connectivity index (χ2n) is 6.46. The maximum Gasteiger partial charge on any atom is 0.111 e. The Balaban J connectivity index is 1.51. The largest absolute Gasteiger partial charge is 0.342 e. The maximum absolute atomic E-state index is 4.80. The van der Waals surface area contributed by atoms with Gasteiger partial charge in [-0.3, -0.25) is 9.88 Å². The summed E-state index contributed by atoms with van der Waals surface area (Å²) in [4.78, 5) is 15.3. The molecule has 1 aliphatic rings. The average Bonchev–Trinajstić information content (AvgIpc) is 3.01. The van der Waals surface area contributed by atoms with Crippen LogP contribution in [0.2, 0.25) is 0 Å². The molecule has 0 spiro atoms. The number of nitrogens with zero attached hydrogens (tertiary/aromatic N) is 3. The van der Waals surface area contributed by atoms with Gasteiger partial charge in [-0.2, -0.15) is 0 Å². The Morgan fingerprint density at radius 3 is 3.00 bits per heavy atom. The molecule has 3 heterocycles. The summed E-state index contributed by atoms with van der Waals surface area (Å²) in [6.07, 6.45) is 4.30. The molecule has 118 valence electrons. The van der Waals surface area contributed by atoms with Gasteiger partial charge in [0.2, 0.25) is 0 Å². The molecular formula is C19H22N4. The summed E-state index contributed by atoms with van der Waals surface area (Å²) in [6.45, 7) is 5.30. The van der Waals surface area contributed by atoms with E-state index in [1.807, 2.05) is 18.3 Å². The molecule has 1 fully saturated rings. The zero-order chi connectivity index (χ0) is 15.6. The molecule has 1 saturated heterocycles. The Kier molecular flexibility index (Phi) is 3.83. The smallest absolute Gasteiger partial charge is 0.111 e. The van der Waals surface area contributed by atoms with Crippen molar-refractivity contribution in [3.8, 4) is 0 Å². The van der Waals surface area contributed by atoms with Gasteiger partial charge in [-0.1, -0.05) is 18.2 Å². The molecule has 0 radical (unpaired) electrons. The zero-order valence-corrected chi connectivity index (χ0v) is 13.5. The highest BCUT2D eigenvalue weighted by molar-refractivity contribution is 5.74. The molecule has 0 bridgehead atoms. The molecule has 0 amide bonds. The standard InChI is InChI=1S/C19H22N4/c1-14-15(6-4-10-20-14)12-23-11-5-7-16(13-23)19-21-17-8-2-3-9-18(17)22-19/h2-4,6,8-10,16H,5,7,11-13H2,1H3,(H,21,22)/t16-/m1/s1. The number of hydrogen-bond acceptors (Lipinski definition) is 3. The molecule has 2 aromatic heterocycles. The van der Waals surface area contributed by atoms with Crippen molar-refractivity contribution in [3.05, 3.63) is 59.7 Å². The lowest BCUT2D eigenvalue weighted by atomic mass is 9.97. The van der Waals surface area contributed by atoms with Crippen LogP contribution in [0.25, 0.3) is 11.0 Å². The van der Waals surface area contributed by atoms with Crippen LogP contribution >= 0.6 is 0 Å². The summed E-state index contributed by atoms with van der Waals surface area (Å²) in [5.74, 6) is 1.63. The Labute approximate surface area is 136 Å². The van der Waals surface area contributed by atoms with Crippen molar-refractivity contribution < 1.29 is 0 Å². The Morgan fingerprint density at radius 2 is 2.13 bits per heavy atom. The third kappa shape index (κ3) is 2.99. The third-order valence-corrected chi connectivity index (χ3v) is 4.81. The molecule has 23 heavy (non-hydrogen) atoms. The molecule has 0 aliphatic carbocycles. The highest BCUT2D eigenvalue weighted by Gasteiger charge is 2.24. The first-order valence-electron chi connectivity index (χ1n) is 8.37. The lowest BCUT2D eigenvalue weighted by Gasteiger charge is -2.32. The number of piperidine rings is 1. The van der Waals surface area contributed by atoms with E-state index in [1.165, 1.54) is 18.4 Å². The number of fused-ring (bicyclic) bond motifs is 1. The van der Waals surface area contributed by atoms with E-state index < -0.39 is 0 Å². The van der Waals surface area contributed by atoms with Gasteiger partial charge < -0.3 is 4.98 Å². The number of imidazole rings is 1. The number of hydrogen-bond donors (Lipinski definition) is 1. The maximum atomic E-state index is 4.80. The average molecular weight is 306 g/mol. The third-order valence-electron chi connectivity index (χ3n) is 4.81. The number of para-hydroxylation sites is 2. The van der Waals surface area contributed by atoms with Crippen LogP contribution in [0.4, 0.5) is 0 Å². The van der Waals surface area contributed by atoms with Crippen molar-refractivity contribution in [2.24, 2.45) is 0 Å². The van der Waals surface area contributed by atoms with Crippen LogP contribution in [-0.4, -0.2) is 32.9 Å². The Morgan fingerprint density at radius 1 is 1.22 bits per heavy atom. The van der Waals surface area contributed by atoms with Gasteiger partial charge in [-0.05, 0) is 50.1 Å². The summed E-state index contributed by atoms with van der Waals surface area (Å²) >= 11 is 0. The molecule has 1 atom stereocenters. The second kappa shape index (κ2) is 6.13. The van der Waals surface area contributed by atoms with Crippen molar-refractivity contribution in [2.75, 3.05) is 13.1 Å². The molecule has 1 N–H and O–H groups in total. The highest BCUT2D eigenvalue weighted by atomic mass is 15.1. The fourth-order valence-corrected chi connectivity index (χ4v) is 3.51. The van der Waals surface area contributed by atoms with Gasteiger partial charge in [-0.25, -0.2) is 4.98 Å². The van der Waals surface area contributed by atoms with Crippen molar-refractivity contribution in [1.82, 2.24) is 19.9 Å². The molecule has 3 aromatic rings. The Bertz CT molecular complexity index is 775. The number of pyridine rings is 1. The fourth-order valence-electron chi connectivity index (χ4n) is 3.51. The van der Waals surface area contributed by atoms with E-state index in [2.05, 4.69) is 46.1 Å². The van der Waals surface area contributed by atoms with Gasteiger partial charge in [0.15, 0.2) is 0 Å². The van der Waals surface area contributed by atoms with Crippen molar-refractivity contribution in [3.63, 3.8) is 0 Å². The van der Waals surface area contributed by atoms with E-state index in [-0.39, 0.29) is 0 Å². The SMILES string of the molecule is Cc1ncccc1CN1CCC[C@@H](c2nc3ccccc3[nH]2)C1. The van der Waals surface area contributed by atoms with Crippen LogP contribution in [0.15, 0.2) is 42.6 Å². The van der Waals surface area contributed by atoms with Crippen LogP contribution in [0, 0.1) is 6.92 Å². The summed E-state index contributed by atoms with van der Waals surface area (Å²) in [7, 11) is 0. The van der Waals surface area contributed by atoms with E-state index in [4.69, 9.17) is 4.98 Å². The van der Waals surface area contributed by atoms with Gasteiger partial charge in [0.05, 0.1) is 11.0 Å². The first kappa shape index (κ1) is 14.4. The van der Waals surface area contributed by atoms with E-state index in [1.54, 1.807) is 0 Å². The molecular weight excluding hydrogens is 284 g/mol. The topological polar surface area (TPSA) is 44.8 Å². The number of nitrogens with one attached hydrogen (secondary N) is 1. The minimum Gasteiger partial charge on any atom is -0.342 e. The highest BCUT2D eigenvalue weighted by Crippen LogP contribution is 2.27. The monoisotopic (exact) mass is 306 g/mol. The van der Waals surface area contributed by atoms with Gasteiger partial charge >= 0.3 is 0 Å². The molecule has 1 aliphatic heterocycles. The lowest BCUT2D eigenvalue weighted by molar-refractivity contribution is 0.196. The van der Waals surface area contributed by atoms with Crippen molar-refractivity contribution >= 4 is 11.0 Å². The zero-order valence-electron chi connectivity index (χ0n) is 13.5. The first-order chi connectivity index (χ1) is 11.3. The van der Waals surface area contributed by atoms with Crippen molar-refractivity contribution in [2.45, 2.75) is 32.2 Å². The lowest BCUT2D eigenvalue weighted by Crippen LogP contribution is -2.34. The predicted octanol–water partition coefficient (Wildman–Crippen LogP) is 3.65. The van der Waals surface area contributed by atoms with Gasteiger partial charge in [0.25, 0.3) is 0 Å². The van der Waals surface area contributed by atoms with E-state index in [9.17, 15) is 0 Å². The predicted molar refractivity (Wildman–Crippen MR) is 92.3 cm³/mol. The molecule has 1 aromatic carbocycles. The van der Waals surface area contributed by atoms with E-state index in [0.29, 0.717) is 5.92 Å². The van der Waals surface area contributed by atoms with Crippen molar-refractivity contribution in [1.29, 1.82) is 0 Å². The quantitative estimate of drug-likeness (QED) is 0.803. The summed E-state index contributed by atoms with van der Waals surface area (Å²) in [6, 6.07) is 12.5. The number of rotatable bonds is 3. The summed E-state index contributed by atoms with van der Waals surface area (Å²) < 4.78 is 0. The molecule has 4 rings (SSSR count). The Hall–Kier alpha value is -2.20. The van der Waals surface area contributed by atoms with Gasteiger partial charge in [0.1, 0.15) is 5.82 Å². The minimum absolute atomic E-state index is 0.494. The number of aryl methyl sites for hydroxylation is 1. The van der Waals surface area contributed by atoms with Gasteiger partial charge in [0, 0.05) is 30.9 Å². The number of aromatic amines is 1. The van der Waals surface area contributed by atoms with Crippen LogP contribution in [-0.2, 0) is 6.54 Å². The molecule has 0 unspecified atom stereocenters. The van der Waals surface area contributed by atoms with Crippen LogP contribution in [0.1, 0.15) is 35.8 Å². The second-order valence-corrected chi connectivity index (χ2v) is 6.46. The molecule has 0 saturated carbocycles. The fraction of sp³-hybridized carbons (Fsp3) is 0.368. The summed E-state index contributed by atoms with van der Waals surface area (Å²) in [5.41, 5.74) is 4.68. The summed E-state index contributed by atoms with van der Waals surface area (Å²) in [5, 5.41) is 0. The van der Waals surface area contributed by atoms with Crippen LogP contribution < -0.4 is 0 Å². The van der Waals surface area contributed by atoms with Gasteiger partial charge in [-0.15, -0.1) is 0 Å². The molecule has 4 heteroatoms. The van der Waals surface area contributed by atoms with E-state index >= 15 is 0 Å². The van der Waals surface area contributed by atoms with E-state index in [0.717, 1.165) is 42.2 Å². The molecule has 4 nitrogen and oxygen atoms in total. The normalized spacial score (nSPS) is 19.3. The number of H-pyrrole nitrogens is 1. The number of likely N-dealkylation sites (tertiary alicyclic amines) is 1. The minimum atomic E-state index is 0.494. The van der Waals surface area contributed by atoms with Crippen LogP contribution in [0.5, 0.6) is 0 Å². The first-order valence-corrected chi connectivity index (χ1v) is 8.37. The number of aromatic nitrogens is 3. The van der Waals surface area contributed by atoms with Crippen LogP contribution in [0.3, 0.4) is 0 Å².